The van der Waals surface area contributed by atoms with Gasteiger partial charge in [0, 0.05) is 11.6 Å². The Morgan fingerprint density at radius 2 is 2.05 bits per heavy atom. The van der Waals surface area contributed by atoms with E-state index >= 15 is 0 Å². The second-order valence-corrected chi connectivity index (χ2v) is 6.05. The second kappa shape index (κ2) is 6.47. The normalized spacial score (nSPS) is 9.95. The van der Waals surface area contributed by atoms with E-state index in [0.717, 1.165) is 25.9 Å². The molecule has 0 radical (unpaired) electrons. The number of nitrogens with zero attached hydrogens (tertiary/aromatic N) is 2. The van der Waals surface area contributed by atoms with Crippen LogP contribution in [0.2, 0.25) is 4.34 Å². The summed E-state index contributed by atoms with van der Waals surface area (Å²) in [4.78, 5) is 9.78. The number of hydrogen-bond acceptors (Lipinski definition) is 5. The molecule has 0 fully saturated rings. The van der Waals surface area contributed by atoms with E-state index in [1.807, 2.05) is 35.7 Å². The molecular formula is C12H9BrClN3S2. The van der Waals surface area contributed by atoms with E-state index in [9.17, 15) is 0 Å². The lowest BCUT2D eigenvalue weighted by atomic mass is 10.4. The number of hydrogen-bond donors (Lipinski definition) is 1. The van der Waals surface area contributed by atoms with Gasteiger partial charge >= 0.3 is 0 Å². The zero-order chi connectivity index (χ0) is 12.4. The van der Waals surface area contributed by atoms with Gasteiger partial charge < -0.3 is 5.32 Å². The minimum absolute atomic E-state index is 0. The van der Waals surface area contributed by atoms with E-state index in [1.54, 1.807) is 17.5 Å². The van der Waals surface area contributed by atoms with E-state index in [2.05, 4.69) is 15.3 Å². The van der Waals surface area contributed by atoms with Crippen LogP contribution in [0.3, 0.4) is 0 Å². The molecule has 3 heterocycles. The molecule has 0 bridgehead atoms. The Morgan fingerprint density at radius 1 is 1.16 bits per heavy atom. The monoisotopic (exact) mass is 373 g/mol. The molecule has 0 unspecified atom stereocenters. The molecule has 1 N–H and O–H groups in total. The zero-order valence-corrected chi connectivity index (χ0v) is 13.6. The van der Waals surface area contributed by atoms with Crippen molar-refractivity contribution in [1.82, 2.24) is 9.97 Å². The summed E-state index contributed by atoms with van der Waals surface area (Å²) < 4.78 is 0.775. The van der Waals surface area contributed by atoms with E-state index in [-0.39, 0.29) is 17.0 Å². The smallest absolute Gasteiger partial charge is 0.188 e. The number of aromatic nitrogens is 2. The minimum atomic E-state index is 0. The second-order valence-electron chi connectivity index (χ2n) is 3.48. The SMILES string of the molecule is Br.Clc1ccc(-c2csc(Nc3ccccn3)n2)s1. The van der Waals surface area contributed by atoms with Gasteiger partial charge in [-0.2, -0.15) is 0 Å². The molecule has 0 aromatic carbocycles. The van der Waals surface area contributed by atoms with Crippen molar-refractivity contribution in [2.75, 3.05) is 5.32 Å². The number of rotatable bonds is 3. The molecule has 0 aliphatic carbocycles. The average Bonchev–Trinajstić information content (AvgIpc) is 2.99. The molecule has 19 heavy (non-hydrogen) atoms. The average molecular weight is 375 g/mol. The largest absolute Gasteiger partial charge is 0.316 e. The third kappa shape index (κ3) is 3.54. The van der Waals surface area contributed by atoms with Crippen molar-refractivity contribution in [3.63, 3.8) is 0 Å². The third-order valence-corrected chi connectivity index (χ3v) is 4.24. The van der Waals surface area contributed by atoms with Crippen LogP contribution in [0.4, 0.5) is 10.9 Å². The highest BCUT2D eigenvalue weighted by molar-refractivity contribution is 8.93. The first-order valence-electron chi connectivity index (χ1n) is 5.20. The Labute approximate surface area is 134 Å². The zero-order valence-electron chi connectivity index (χ0n) is 9.54. The summed E-state index contributed by atoms with van der Waals surface area (Å²) in [5.74, 6) is 0.794. The van der Waals surface area contributed by atoms with Crippen molar-refractivity contribution in [3.8, 4) is 10.6 Å². The van der Waals surface area contributed by atoms with Crippen LogP contribution < -0.4 is 5.32 Å². The predicted molar refractivity (Wildman–Crippen MR) is 88.3 cm³/mol. The van der Waals surface area contributed by atoms with Crippen LogP contribution in [0.15, 0.2) is 41.9 Å². The van der Waals surface area contributed by atoms with E-state index in [4.69, 9.17) is 11.6 Å². The summed E-state index contributed by atoms with van der Waals surface area (Å²) in [5, 5.41) is 6.00. The maximum atomic E-state index is 5.92. The highest BCUT2D eigenvalue weighted by atomic mass is 79.9. The fourth-order valence-corrected chi connectivity index (χ4v) is 3.24. The van der Waals surface area contributed by atoms with Crippen molar-refractivity contribution >= 4 is 62.2 Å². The minimum Gasteiger partial charge on any atom is -0.316 e. The molecule has 3 aromatic heterocycles. The summed E-state index contributed by atoms with van der Waals surface area (Å²) in [6.45, 7) is 0. The molecule has 3 nitrogen and oxygen atoms in total. The molecule has 0 atom stereocenters. The molecule has 98 valence electrons. The number of nitrogens with one attached hydrogen (secondary N) is 1. The molecule has 0 aliphatic rings. The first-order valence-corrected chi connectivity index (χ1v) is 7.28. The summed E-state index contributed by atoms with van der Waals surface area (Å²) >= 11 is 8.99. The first-order chi connectivity index (χ1) is 8.81. The van der Waals surface area contributed by atoms with Crippen LogP contribution in [0.5, 0.6) is 0 Å². The van der Waals surface area contributed by atoms with Crippen LogP contribution in [0.1, 0.15) is 0 Å². The predicted octanol–water partition coefficient (Wildman–Crippen LogP) is 5.24. The fourth-order valence-electron chi connectivity index (χ4n) is 1.44. The van der Waals surface area contributed by atoms with Crippen LogP contribution in [0.25, 0.3) is 10.6 Å². The van der Waals surface area contributed by atoms with Gasteiger partial charge in [-0.05, 0) is 24.3 Å². The van der Waals surface area contributed by atoms with E-state index in [0.29, 0.717) is 0 Å². The lowest BCUT2D eigenvalue weighted by molar-refractivity contribution is 1.29. The number of anilines is 2. The Hall–Kier alpha value is -0.950. The molecule has 0 spiro atoms. The summed E-state index contributed by atoms with van der Waals surface area (Å²) in [5.41, 5.74) is 0.940. The van der Waals surface area contributed by atoms with Crippen molar-refractivity contribution in [2.45, 2.75) is 0 Å². The lowest BCUT2D eigenvalue weighted by Gasteiger charge is -1.99. The standard InChI is InChI=1S/C12H8ClN3S2.BrH/c13-10-5-4-9(18-10)8-7-17-12(15-8)16-11-3-1-2-6-14-11;/h1-7H,(H,14,15,16);1H. The number of pyridine rings is 1. The van der Waals surface area contributed by atoms with Crippen LogP contribution in [0, 0.1) is 0 Å². The first kappa shape index (κ1) is 14.5. The molecule has 0 amide bonds. The Balaban J connectivity index is 0.00000133. The summed E-state index contributed by atoms with van der Waals surface area (Å²) in [7, 11) is 0. The molecule has 3 rings (SSSR count). The third-order valence-electron chi connectivity index (χ3n) is 2.23. The van der Waals surface area contributed by atoms with Gasteiger partial charge in [-0.3, -0.25) is 0 Å². The Bertz CT molecular complexity index is 654. The van der Waals surface area contributed by atoms with Gasteiger partial charge in [0.1, 0.15) is 5.82 Å². The van der Waals surface area contributed by atoms with Gasteiger partial charge in [-0.25, -0.2) is 9.97 Å². The highest BCUT2D eigenvalue weighted by Crippen LogP contribution is 2.33. The van der Waals surface area contributed by atoms with Gasteiger partial charge in [0.15, 0.2) is 5.13 Å². The highest BCUT2D eigenvalue weighted by Gasteiger charge is 2.07. The van der Waals surface area contributed by atoms with Crippen LogP contribution >= 0.6 is 51.3 Å². The summed E-state index contributed by atoms with van der Waals surface area (Å²) in [6, 6.07) is 9.58. The Morgan fingerprint density at radius 3 is 2.74 bits per heavy atom. The van der Waals surface area contributed by atoms with Gasteiger partial charge in [-0.15, -0.1) is 39.7 Å². The molecule has 7 heteroatoms. The topological polar surface area (TPSA) is 37.8 Å². The van der Waals surface area contributed by atoms with Gasteiger partial charge in [0.25, 0.3) is 0 Å². The van der Waals surface area contributed by atoms with Crippen molar-refractivity contribution in [2.24, 2.45) is 0 Å². The van der Waals surface area contributed by atoms with Crippen LogP contribution in [-0.4, -0.2) is 9.97 Å². The van der Waals surface area contributed by atoms with Crippen molar-refractivity contribution in [3.05, 3.63) is 46.2 Å². The summed E-state index contributed by atoms with van der Waals surface area (Å²) in [6.07, 6.45) is 1.75. The maximum Gasteiger partial charge on any atom is 0.188 e. The van der Waals surface area contributed by atoms with Crippen molar-refractivity contribution < 1.29 is 0 Å². The molecule has 0 saturated carbocycles. The lowest BCUT2D eigenvalue weighted by Crippen LogP contribution is -1.91. The van der Waals surface area contributed by atoms with Crippen LogP contribution in [-0.2, 0) is 0 Å². The molecule has 0 saturated heterocycles. The van der Waals surface area contributed by atoms with Gasteiger partial charge in [0.2, 0.25) is 0 Å². The number of thiazole rings is 1. The molecule has 3 aromatic rings. The fraction of sp³-hybridized carbons (Fsp3) is 0. The van der Waals surface area contributed by atoms with Crippen molar-refractivity contribution in [1.29, 1.82) is 0 Å². The van der Waals surface area contributed by atoms with E-state index < -0.39 is 0 Å². The van der Waals surface area contributed by atoms with E-state index in [1.165, 1.54) is 11.3 Å². The number of halogens is 2. The maximum absolute atomic E-state index is 5.92. The van der Waals surface area contributed by atoms with Gasteiger partial charge in [0.05, 0.1) is 14.9 Å². The quantitative estimate of drug-likeness (QED) is 0.681. The Kier molecular flexibility index (Phi) is 4.93. The molecular weight excluding hydrogens is 366 g/mol. The van der Waals surface area contributed by atoms with Gasteiger partial charge in [-0.1, -0.05) is 17.7 Å². The molecule has 0 aliphatic heterocycles. The number of thiophene rings is 1.